The van der Waals surface area contributed by atoms with Crippen molar-refractivity contribution in [1.82, 2.24) is 10.3 Å². The minimum Gasteiger partial charge on any atom is -0.350 e. The summed E-state index contributed by atoms with van der Waals surface area (Å²) in [5.41, 5.74) is 7.57. The van der Waals surface area contributed by atoms with Crippen molar-refractivity contribution in [3.63, 3.8) is 0 Å². The molecule has 0 atom stereocenters. The van der Waals surface area contributed by atoms with Crippen LogP contribution < -0.4 is 11.1 Å². The zero-order valence-electron chi connectivity index (χ0n) is 11.1. The number of pyridine rings is 1. The third kappa shape index (κ3) is 5.27. The quantitative estimate of drug-likeness (QED) is 0.690. The molecule has 1 amide bonds. The highest BCUT2D eigenvalue weighted by Gasteiger charge is 2.04. The van der Waals surface area contributed by atoms with E-state index in [1.54, 1.807) is 6.20 Å². The highest BCUT2D eigenvalue weighted by atomic mass is 16.1. The first-order valence-corrected chi connectivity index (χ1v) is 6.67. The van der Waals surface area contributed by atoms with Gasteiger partial charge in [0.1, 0.15) is 0 Å². The summed E-state index contributed by atoms with van der Waals surface area (Å²) in [7, 11) is 0. The average molecular weight is 249 g/mol. The topological polar surface area (TPSA) is 68.0 Å². The summed E-state index contributed by atoms with van der Waals surface area (Å²) in [6.45, 7) is 3.32. The molecular formula is C14H23N3O. The van der Waals surface area contributed by atoms with E-state index in [4.69, 9.17) is 5.73 Å². The van der Waals surface area contributed by atoms with Crippen molar-refractivity contribution in [1.29, 1.82) is 0 Å². The van der Waals surface area contributed by atoms with Gasteiger partial charge in [-0.05, 0) is 37.4 Å². The van der Waals surface area contributed by atoms with E-state index in [9.17, 15) is 4.79 Å². The number of carbonyl (C=O) groups excluding carboxylic acids is 1. The van der Waals surface area contributed by atoms with Crippen LogP contribution in [-0.4, -0.2) is 17.4 Å². The fraction of sp³-hybridized carbons (Fsp3) is 0.571. The number of nitrogens with one attached hydrogen (secondary N) is 1. The molecule has 0 unspecified atom stereocenters. The zero-order chi connectivity index (χ0) is 13.2. The predicted octanol–water partition coefficient (Wildman–Crippen LogP) is 1.78. The molecular weight excluding hydrogens is 226 g/mol. The molecule has 100 valence electrons. The van der Waals surface area contributed by atoms with Gasteiger partial charge in [0.15, 0.2) is 0 Å². The number of nitrogens with two attached hydrogens (primary N) is 1. The van der Waals surface area contributed by atoms with Gasteiger partial charge in [-0.15, -0.1) is 0 Å². The van der Waals surface area contributed by atoms with Gasteiger partial charge in [0.25, 0.3) is 0 Å². The first-order valence-electron chi connectivity index (χ1n) is 6.67. The van der Waals surface area contributed by atoms with Gasteiger partial charge in [0, 0.05) is 12.6 Å². The number of rotatable bonds is 8. The van der Waals surface area contributed by atoms with Gasteiger partial charge in [-0.25, -0.2) is 0 Å². The monoisotopic (exact) mass is 249 g/mol. The number of hydrogen-bond acceptors (Lipinski definition) is 3. The van der Waals surface area contributed by atoms with Crippen LogP contribution in [0.3, 0.4) is 0 Å². The van der Waals surface area contributed by atoms with Gasteiger partial charge in [0.05, 0.1) is 12.2 Å². The van der Waals surface area contributed by atoms with Crippen molar-refractivity contribution in [2.75, 3.05) is 6.54 Å². The molecule has 0 aliphatic heterocycles. The molecule has 0 aromatic carbocycles. The molecule has 4 heteroatoms. The van der Waals surface area contributed by atoms with Crippen LogP contribution in [0.15, 0.2) is 18.3 Å². The molecule has 0 fully saturated rings. The first kappa shape index (κ1) is 14.6. The number of unbranched alkanes of at least 4 members (excludes halogenated alkanes) is 2. The second kappa shape index (κ2) is 8.64. The number of hydrogen-bond donors (Lipinski definition) is 2. The predicted molar refractivity (Wildman–Crippen MR) is 73.0 cm³/mol. The molecule has 18 heavy (non-hydrogen) atoms. The summed E-state index contributed by atoms with van der Waals surface area (Å²) >= 11 is 0. The van der Waals surface area contributed by atoms with Gasteiger partial charge in [-0.3, -0.25) is 9.78 Å². The van der Waals surface area contributed by atoms with Crippen LogP contribution in [-0.2, 0) is 17.8 Å². The molecule has 1 aromatic rings. The minimum absolute atomic E-state index is 0.0970. The van der Waals surface area contributed by atoms with Crippen molar-refractivity contribution in [3.8, 4) is 0 Å². The molecule has 1 aromatic heterocycles. The third-order valence-corrected chi connectivity index (χ3v) is 2.93. The maximum Gasteiger partial charge on any atom is 0.220 e. The molecule has 1 heterocycles. The Morgan fingerprint density at radius 3 is 2.94 bits per heavy atom. The fourth-order valence-electron chi connectivity index (χ4n) is 1.83. The van der Waals surface area contributed by atoms with E-state index < -0.39 is 0 Å². The van der Waals surface area contributed by atoms with Crippen molar-refractivity contribution in [2.24, 2.45) is 5.73 Å². The van der Waals surface area contributed by atoms with E-state index in [0.29, 0.717) is 19.5 Å². The Morgan fingerprint density at radius 2 is 2.22 bits per heavy atom. The highest BCUT2D eigenvalue weighted by Crippen LogP contribution is 2.06. The Labute approximate surface area is 109 Å². The number of aryl methyl sites for hydroxylation is 1. The molecule has 0 bridgehead atoms. The van der Waals surface area contributed by atoms with Crippen LogP contribution in [0.25, 0.3) is 0 Å². The van der Waals surface area contributed by atoms with E-state index in [1.807, 2.05) is 6.07 Å². The van der Waals surface area contributed by atoms with E-state index in [-0.39, 0.29) is 5.91 Å². The van der Waals surface area contributed by atoms with E-state index >= 15 is 0 Å². The van der Waals surface area contributed by atoms with Crippen LogP contribution in [0, 0.1) is 0 Å². The molecule has 0 spiro atoms. The second-order valence-electron chi connectivity index (χ2n) is 4.34. The third-order valence-electron chi connectivity index (χ3n) is 2.93. The van der Waals surface area contributed by atoms with Crippen molar-refractivity contribution < 1.29 is 4.79 Å². The molecule has 4 nitrogen and oxygen atoms in total. The summed E-state index contributed by atoms with van der Waals surface area (Å²) in [5.74, 6) is 0.0970. The highest BCUT2D eigenvalue weighted by molar-refractivity contribution is 5.75. The van der Waals surface area contributed by atoms with Gasteiger partial charge in [-0.2, -0.15) is 0 Å². The SMILES string of the molecule is CCc1cccnc1CNC(=O)CCCCCN. The van der Waals surface area contributed by atoms with E-state index in [2.05, 4.69) is 23.3 Å². The van der Waals surface area contributed by atoms with Gasteiger partial charge in [0.2, 0.25) is 5.91 Å². The second-order valence-corrected chi connectivity index (χ2v) is 4.34. The minimum atomic E-state index is 0.0970. The molecule has 3 N–H and O–H groups in total. The molecule has 0 radical (unpaired) electrons. The maximum atomic E-state index is 11.6. The van der Waals surface area contributed by atoms with Crippen LogP contribution in [0.4, 0.5) is 0 Å². The Kier molecular flexibility index (Phi) is 7.03. The van der Waals surface area contributed by atoms with Gasteiger partial charge < -0.3 is 11.1 Å². The number of amides is 1. The van der Waals surface area contributed by atoms with Crippen LogP contribution >= 0.6 is 0 Å². The molecule has 0 aliphatic rings. The zero-order valence-corrected chi connectivity index (χ0v) is 11.1. The summed E-state index contributed by atoms with van der Waals surface area (Å²) in [6, 6.07) is 3.98. The number of aromatic nitrogens is 1. The summed E-state index contributed by atoms with van der Waals surface area (Å²) < 4.78 is 0. The van der Waals surface area contributed by atoms with Crippen molar-refractivity contribution in [3.05, 3.63) is 29.6 Å². The Bertz CT molecular complexity index is 366. The first-order chi connectivity index (χ1) is 8.77. The summed E-state index contributed by atoms with van der Waals surface area (Å²) in [4.78, 5) is 15.9. The summed E-state index contributed by atoms with van der Waals surface area (Å²) in [6.07, 6.45) is 6.21. The normalized spacial score (nSPS) is 10.3. The number of nitrogens with zero attached hydrogens (tertiary/aromatic N) is 1. The fourth-order valence-corrected chi connectivity index (χ4v) is 1.83. The molecule has 1 rings (SSSR count). The standard InChI is InChI=1S/C14H23N3O/c1-2-12-7-6-10-16-13(12)11-17-14(18)8-4-3-5-9-15/h6-7,10H,2-5,8-9,11,15H2,1H3,(H,17,18). The Morgan fingerprint density at radius 1 is 1.39 bits per heavy atom. The Hall–Kier alpha value is -1.42. The lowest BCUT2D eigenvalue weighted by atomic mass is 10.1. The van der Waals surface area contributed by atoms with Crippen LogP contribution in [0.2, 0.25) is 0 Å². The van der Waals surface area contributed by atoms with Crippen LogP contribution in [0.5, 0.6) is 0 Å². The maximum absolute atomic E-state index is 11.6. The lowest BCUT2D eigenvalue weighted by Gasteiger charge is -2.08. The average Bonchev–Trinajstić information content (AvgIpc) is 2.41. The van der Waals surface area contributed by atoms with Crippen molar-refractivity contribution >= 4 is 5.91 Å². The molecule has 0 saturated heterocycles. The lowest BCUT2D eigenvalue weighted by Crippen LogP contribution is -2.23. The lowest BCUT2D eigenvalue weighted by molar-refractivity contribution is -0.121. The Balaban J connectivity index is 2.29. The van der Waals surface area contributed by atoms with Gasteiger partial charge >= 0.3 is 0 Å². The largest absolute Gasteiger partial charge is 0.350 e. The van der Waals surface area contributed by atoms with Gasteiger partial charge in [-0.1, -0.05) is 19.4 Å². The van der Waals surface area contributed by atoms with Crippen molar-refractivity contribution in [2.45, 2.75) is 45.6 Å². The van der Waals surface area contributed by atoms with Crippen LogP contribution in [0.1, 0.15) is 43.9 Å². The van der Waals surface area contributed by atoms with E-state index in [1.165, 1.54) is 5.56 Å². The summed E-state index contributed by atoms with van der Waals surface area (Å²) in [5, 5.41) is 2.92. The molecule has 0 saturated carbocycles. The van der Waals surface area contributed by atoms with E-state index in [0.717, 1.165) is 31.4 Å². The molecule has 0 aliphatic carbocycles. The number of carbonyl (C=O) groups is 1. The smallest absolute Gasteiger partial charge is 0.220 e.